The minimum absolute atomic E-state index is 0.0388. The van der Waals surface area contributed by atoms with Gasteiger partial charge in [0.1, 0.15) is 5.75 Å². The third kappa shape index (κ3) is 2.94. The summed E-state index contributed by atoms with van der Waals surface area (Å²) < 4.78 is 7.97. The standard InChI is InChI=1S/C19H22N2O2/c1-20(2)12-7-13-23-17-11-6-10-16-18(17)19(22)14-8-4-5-9-15(14)21(16)3/h4-6,8-11H,7,12-13H2,1-3H3. The van der Waals surface area contributed by atoms with E-state index in [9.17, 15) is 4.79 Å². The lowest BCUT2D eigenvalue weighted by molar-refractivity contribution is 0.284. The van der Waals surface area contributed by atoms with Crippen molar-refractivity contribution in [3.8, 4) is 5.75 Å². The van der Waals surface area contributed by atoms with Gasteiger partial charge < -0.3 is 14.2 Å². The minimum atomic E-state index is 0.0388. The molecule has 0 spiro atoms. The number of hydrogen-bond donors (Lipinski definition) is 0. The number of para-hydroxylation sites is 1. The molecule has 0 aliphatic carbocycles. The van der Waals surface area contributed by atoms with Gasteiger partial charge >= 0.3 is 0 Å². The predicted octanol–water partition coefficient (Wildman–Crippen LogP) is 3.02. The lowest BCUT2D eigenvalue weighted by Crippen LogP contribution is -2.16. The van der Waals surface area contributed by atoms with Gasteiger partial charge in [-0.3, -0.25) is 4.79 Å². The van der Waals surface area contributed by atoms with Crippen LogP contribution in [0.5, 0.6) is 5.75 Å². The molecule has 0 aliphatic heterocycles. The summed E-state index contributed by atoms with van der Waals surface area (Å²) in [6, 6.07) is 13.5. The molecule has 4 heteroatoms. The fourth-order valence-electron chi connectivity index (χ4n) is 2.93. The third-order valence-corrected chi connectivity index (χ3v) is 4.11. The van der Waals surface area contributed by atoms with E-state index in [1.807, 2.05) is 63.6 Å². The number of hydrogen-bond acceptors (Lipinski definition) is 3. The molecule has 0 N–H and O–H groups in total. The van der Waals surface area contributed by atoms with Gasteiger partial charge in [-0.25, -0.2) is 0 Å². The second kappa shape index (κ2) is 6.42. The van der Waals surface area contributed by atoms with E-state index in [4.69, 9.17) is 4.74 Å². The first-order chi connectivity index (χ1) is 11.1. The maximum Gasteiger partial charge on any atom is 0.200 e. The van der Waals surface area contributed by atoms with Crippen LogP contribution in [-0.4, -0.2) is 36.7 Å². The van der Waals surface area contributed by atoms with Crippen LogP contribution in [0.1, 0.15) is 6.42 Å². The van der Waals surface area contributed by atoms with Crippen LogP contribution in [-0.2, 0) is 7.05 Å². The largest absolute Gasteiger partial charge is 0.493 e. The van der Waals surface area contributed by atoms with Gasteiger partial charge in [0.05, 0.1) is 23.0 Å². The molecule has 3 aromatic rings. The highest BCUT2D eigenvalue weighted by Crippen LogP contribution is 2.25. The highest BCUT2D eigenvalue weighted by atomic mass is 16.5. The van der Waals surface area contributed by atoms with Crippen molar-refractivity contribution >= 4 is 21.8 Å². The fourth-order valence-corrected chi connectivity index (χ4v) is 2.93. The van der Waals surface area contributed by atoms with Crippen molar-refractivity contribution in [2.75, 3.05) is 27.2 Å². The number of aryl methyl sites for hydroxylation is 1. The van der Waals surface area contributed by atoms with Crippen LogP contribution in [0, 0.1) is 0 Å². The second-order valence-electron chi connectivity index (χ2n) is 6.06. The molecule has 0 unspecified atom stereocenters. The highest BCUT2D eigenvalue weighted by Gasteiger charge is 2.12. The van der Waals surface area contributed by atoms with Gasteiger partial charge in [-0.05, 0) is 44.8 Å². The van der Waals surface area contributed by atoms with E-state index >= 15 is 0 Å². The van der Waals surface area contributed by atoms with Crippen LogP contribution in [0.3, 0.4) is 0 Å². The Kier molecular flexibility index (Phi) is 4.35. The van der Waals surface area contributed by atoms with E-state index in [1.165, 1.54) is 0 Å². The van der Waals surface area contributed by atoms with Crippen molar-refractivity contribution in [2.45, 2.75) is 6.42 Å². The van der Waals surface area contributed by atoms with Crippen molar-refractivity contribution in [3.05, 3.63) is 52.7 Å². The summed E-state index contributed by atoms with van der Waals surface area (Å²) in [5.74, 6) is 0.674. The Bertz CT molecular complexity index is 897. The quantitative estimate of drug-likeness (QED) is 0.537. The molecular formula is C19H22N2O2. The molecule has 0 bridgehead atoms. The van der Waals surface area contributed by atoms with Gasteiger partial charge in [-0.2, -0.15) is 0 Å². The van der Waals surface area contributed by atoms with Gasteiger partial charge in [0.25, 0.3) is 0 Å². The summed E-state index contributed by atoms with van der Waals surface area (Å²) in [6.45, 7) is 1.57. The SMILES string of the molecule is CN(C)CCCOc1cccc2c1c(=O)c1ccccc1n2C. The number of ether oxygens (including phenoxy) is 1. The van der Waals surface area contributed by atoms with E-state index in [0.717, 1.165) is 29.4 Å². The molecule has 0 radical (unpaired) electrons. The molecule has 0 saturated heterocycles. The molecule has 2 aromatic carbocycles. The number of rotatable bonds is 5. The maximum atomic E-state index is 12.9. The van der Waals surface area contributed by atoms with E-state index in [2.05, 4.69) is 9.47 Å². The van der Waals surface area contributed by atoms with Gasteiger partial charge in [-0.1, -0.05) is 18.2 Å². The number of aromatic nitrogens is 1. The summed E-state index contributed by atoms with van der Waals surface area (Å²) in [5.41, 5.74) is 1.88. The summed E-state index contributed by atoms with van der Waals surface area (Å²) >= 11 is 0. The molecule has 3 rings (SSSR count). The maximum absolute atomic E-state index is 12.9. The summed E-state index contributed by atoms with van der Waals surface area (Å²) in [6.07, 6.45) is 0.928. The summed E-state index contributed by atoms with van der Waals surface area (Å²) in [5, 5.41) is 1.39. The Balaban J connectivity index is 2.08. The fraction of sp³-hybridized carbons (Fsp3) is 0.316. The number of benzene rings is 2. The predicted molar refractivity (Wildman–Crippen MR) is 95.4 cm³/mol. The average Bonchev–Trinajstić information content (AvgIpc) is 2.56. The minimum Gasteiger partial charge on any atom is -0.493 e. The Morgan fingerprint density at radius 1 is 1.04 bits per heavy atom. The lowest BCUT2D eigenvalue weighted by atomic mass is 10.1. The second-order valence-corrected chi connectivity index (χ2v) is 6.06. The molecule has 1 heterocycles. The van der Waals surface area contributed by atoms with Crippen molar-refractivity contribution in [1.82, 2.24) is 9.47 Å². The Labute approximate surface area is 135 Å². The first-order valence-electron chi connectivity index (χ1n) is 7.87. The van der Waals surface area contributed by atoms with E-state index < -0.39 is 0 Å². The van der Waals surface area contributed by atoms with Crippen LogP contribution in [0.15, 0.2) is 47.3 Å². The Hall–Kier alpha value is -2.33. The zero-order valence-electron chi connectivity index (χ0n) is 13.9. The molecule has 0 atom stereocenters. The Morgan fingerprint density at radius 2 is 1.78 bits per heavy atom. The van der Waals surface area contributed by atoms with Crippen LogP contribution in [0.4, 0.5) is 0 Å². The van der Waals surface area contributed by atoms with E-state index in [0.29, 0.717) is 17.7 Å². The molecule has 23 heavy (non-hydrogen) atoms. The monoisotopic (exact) mass is 310 g/mol. The van der Waals surface area contributed by atoms with Crippen LogP contribution in [0.2, 0.25) is 0 Å². The van der Waals surface area contributed by atoms with Crippen molar-refractivity contribution < 1.29 is 4.74 Å². The molecule has 0 aliphatic rings. The van der Waals surface area contributed by atoms with Gasteiger partial charge in [0, 0.05) is 19.0 Å². The normalized spacial score (nSPS) is 11.5. The molecular weight excluding hydrogens is 288 g/mol. The van der Waals surface area contributed by atoms with Crippen LogP contribution in [0.25, 0.3) is 21.8 Å². The van der Waals surface area contributed by atoms with Crippen molar-refractivity contribution in [3.63, 3.8) is 0 Å². The number of pyridine rings is 1. The number of nitrogens with zero attached hydrogens (tertiary/aromatic N) is 2. The molecule has 1 aromatic heterocycles. The first kappa shape index (κ1) is 15.6. The van der Waals surface area contributed by atoms with E-state index in [1.54, 1.807) is 0 Å². The summed E-state index contributed by atoms with van der Waals surface area (Å²) in [4.78, 5) is 15.0. The first-order valence-corrected chi connectivity index (χ1v) is 7.87. The summed E-state index contributed by atoms with van der Waals surface area (Å²) in [7, 11) is 6.07. The molecule has 4 nitrogen and oxygen atoms in total. The topological polar surface area (TPSA) is 34.5 Å². The average molecular weight is 310 g/mol. The van der Waals surface area contributed by atoms with Gasteiger partial charge in [0.15, 0.2) is 0 Å². The highest BCUT2D eigenvalue weighted by molar-refractivity contribution is 5.96. The zero-order valence-corrected chi connectivity index (χ0v) is 13.9. The number of fused-ring (bicyclic) bond motifs is 2. The van der Waals surface area contributed by atoms with E-state index in [-0.39, 0.29) is 5.43 Å². The van der Waals surface area contributed by atoms with Crippen molar-refractivity contribution in [2.24, 2.45) is 7.05 Å². The van der Waals surface area contributed by atoms with Gasteiger partial charge in [-0.15, -0.1) is 0 Å². The zero-order chi connectivity index (χ0) is 16.4. The van der Waals surface area contributed by atoms with Gasteiger partial charge in [0.2, 0.25) is 5.43 Å². The molecule has 0 saturated carbocycles. The Morgan fingerprint density at radius 3 is 2.57 bits per heavy atom. The smallest absolute Gasteiger partial charge is 0.200 e. The third-order valence-electron chi connectivity index (χ3n) is 4.11. The molecule has 120 valence electrons. The van der Waals surface area contributed by atoms with Crippen LogP contribution >= 0.6 is 0 Å². The lowest BCUT2D eigenvalue weighted by Gasteiger charge is -2.14. The molecule has 0 amide bonds. The molecule has 0 fully saturated rings. The van der Waals surface area contributed by atoms with Crippen LogP contribution < -0.4 is 10.2 Å². The van der Waals surface area contributed by atoms with Crippen molar-refractivity contribution in [1.29, 1.82) is 0 Å².